The van der Waals surface area contributed by atoms with E-state index in [1.54, 1.807) is 12.1 Å². The van der Waals surface area contributed by atoms with Gasteiger partial charge in [0.2, 0.25) is 5.95 Å². The molecule has 0 aliphatic carbocycles. The van der Waals surface area contributed by atoms with Gasteiger partial charge in [-0.3, -0.25) is 9.88 Å². The summed E-state index contributed by atoms with van der Waals surface area (Å²) in [6, 6.07) is 6.09. The largest absolute Gasteiger partial charge is 0.370 e. The lowest BCUT2D eigenvalue weighted by molar-refractivity contribution is 0.377. The second-order valence-corrected chi connectivity index (χ2v) is 4.81. The van der Waals surface area contributed by atoms with Crippen LogP contribution in [0.3, 0.4) is 0 Å². The molecule has 0 atom stereocenters. The monoisotopic (exact) mass is 260 g/mol. The van der Waals surface area contributed by atoms with Gasteiger partial charge in [-0.25, -0.2) is 9.38 Å². The van der Waals surface area contributed by atoms with Gasteiger partial charge in [0.15, 0.2) is 11.8 Å². The van der Waals surface area contributed by atoms with Crippen LogP contribution in [0, 0.1) is 5.82 Å². The third-order valence-corrected chi connectivity index (χ3v) is 2.95. The zero-order valence-electron chi connectivity index (χ0n) is 10.6. The van der Waals surface area contributed by atoms with Crippen molar-refractivity contribution < 1.29 is 4.39 Å². The van der Waals surface area contributed by atoms with E-state index in [4.69, 9.17) is 5.73 Å². The topological polar surface area (TPSA) is 81.1 Å². The van der Waals surface area contributed by atoms with Gasteiger partial charge in [-0.05, 0) is 38.1 Å². The Morgan fingerprint density at radius 3 is 2.58 bits per heavy atom. The Kier molecular flexibility index (Phi) is 2.31. The summed E-state index contributed by atoms with van der Waals surface area (Å²) in [6.07, 6.45) is 0. The van der Waals surface area contributed by atoms with Crippen LogP contribution >= 0.6 is 0 Å². The minimum Gasteiger partial charge on any atom is -0.370 e. The number of fused-ring (bicyclic) bond motifs is 1. The van der Waals surface area contributed by atoms with Gasteiger partial charge < -0.3 is 5.73 Å². The summed E-state index contributed by atoms with van der Waals surface area (Å²) in [5, 5.41) is 11.0. The first-order valence-electron chi connectivity index (χ1n) is 5.81. The molecule has 3 N–H and O–H groups in total. The summed E-state index contributed by atoms with van der Waals surface area (Å²) in [6.45, 7) is 3.81. The van der Waals surface area contributed by atoms with Crippen LogP contribution < -0.4 is 11.1 Å². The van der Waals surface area contributed by atoms with Crippen LogP contribution in [-0.2, 0) is 5.66 Å². The molecule has 0 spiro atoms. The number of rotatable bonds is 1. The Hall–Kier alpha value is -2.44. The number of benzene rings is 1. The van der Waals surface area contributed by atoms with Crippen molar-refractivity contribution in [2.45, 2.75) is 19.5 Å². The number of anilines is 1. The molecule has 6 nitrogen and oxygen atoms in total. The Balaban J connectivity index is 2.16. The highest BCUT2D eigenvalue weighted by atomic mass is 19.1. The van der Waals surface area contributed by atoms with E-state index in [1.165, 1.54) is 12.1 Å². The van der Waals surface area contributed by atoms with E-state index in [9.17, 15) is 4.39 Å². The predicted molar refractivity (Wildman–Crippen MR) is 70.0 cm³/mol. The smallest absolute Gasteiger partial charge is 0.233 e. The highest BCUT2D eigenvalue weighted by Crippen LogP contribution is 2.31. The molecule has 0 saturated carbocycles. The number of nitrogens with one attached hydrogen (secondary N) is 1. The highest BCUT2D eigenvalue weighted by molar-refractivity contribution is 5.92. The lowest BCUT2D eigenvalue weighted by Gasteiger charge is -2.29. The summed E-state index contributed by atoms with van der Waals surface area (Å²) in [5.41, 5.74) is 5.87. The molecule has 1 aliphatic heterocycles. The standard InChI is InChI=1S/C12H13FN6/c1-12(2)16-10(14)15-11-18-17-9(19(11)12)7-3-5-8(13)6-4-7/h3-6H,1-2H3,(H3,14,15,16,18). The molecule has 2 aromatic rings. The minimum absolute atomic E-state index is 0.290. The van der Waals surface area contributed by atoms with Gasteiger partial charge in [-0.15, -0.1) is 10.2 Å². The Labute approximate surface area is 109 Å². The second-order valence-electron chi connectivity index (χ2n) is 4.81. The maximum atomic E-state index is 13.0. The number of aliphatic imine (C=N–C) groups is 1. The first-order valence-corrected chi connectivity index (χ1v) is 5.81. The number of nitrogens with two attached hydrogens (primary N) is 1. The van der Waals surface area contributed by atoms with Gasteiger partial charge >= 0.3 is 0 Å². The van der Waals surface area contributed by atoms with Gasteiger partial charge in [0.1, 0.15) is 11.5 Å². The summed E-state index contributed by atoms with van der Waals surface area (Å²) in [7, 11) is 0. The van der Waals surface area contributed by atoms with Crippen molar-refractivity contribution in [1.29, 1.82) is 0 Å². The molecule has 3 rings (SSSR count). The molecule has 0 saturated heterocycles. The molecule has 0 bridgehead atoms. The van der Waals surface area contributed by atoms with Gasteiger partial charge in [0, 0.05) is 5.56 Å². The van der Waals surface area contributed by atoms with Crippen molar-refractivity contribution in [3.63, 3.8) is 0 Å². The lowest BCUT2D eigenvalue weighted by Crippen LogP contribution is -2.38. The number of guanidine groups is 1. The summed E-state index contributed by atoms with van der Waals surface area (Å²) >= 11 is 0. The summed E-state index contributed by atoms with van der Waals surface area (Å²) in [5.74, 6) is 1.15. The van der Waals surface area contributed by atoms with E-state index in [0.717, 1.165) is 5.56 Å². The number of hydrogen-bond acceptors (Lipinski definition) is 5. The third kappa shape index (κ3) is 1.83. The molecule has 19 heavy (non-hydrogen) atoms. The Morgan fingerprint density at radius 2 is 1.89 bits per heavy atom. The zero-order valence-corrected chi connectivity index (χ0v) is 10.6. The number of nitrogens with zero attached hydrogens (tertiary/aromatic N) is 4. The van der Waals surface area contributed by atoms with E-state index in [1.807, 2.05) is 18.4 Å². The van der Waals surface area contributed by atoms with Gasteiger partial charge in [-0.2, -0.15) is 0 Å². The molecule has 0 radical (unpaired) electrons. The van der Waals surface area contributed by atoms with Crippen LogP contribution in [0.2, 0.25) is 0 Å². The fourth-order valence-corrected chi connectivity index (χ4v) is 2.16. The van der Waals surface area contributed by atoms with Crippen LogP contribution in [0.15, 0.2) is 29.3 Å². The molecule has 0 amide bonds. The van der Waals surface area contributed by atoms with Gasteiger partial charge in [-0.1, -0.05) is 0 Å². The van der Waals surface area contributed by atoms with Crippen molar-refractivity contribution in [2.24, 2.45) is 10.7 Å². The highest BCUT2D eigenvalue weighted by Gasteiger charge is 2.31. The van der Waals surface area contributed by atoms with Crippen molar-refractivity contribution in [2.75, 3.05) is 5.32 Å². The lowest BCUT2D eigenvalue weighted by atomic mass is 10.1. The van der Waals surface area contributed by atoms with Crippen LogP contribution in [0.5, 0.6) is 0 Å². The number of halogens is 1. The predicted octanol–water partition coefficient (Wildman–Crippen LogP) is 1.52. The van der Waals surface area contributed by atoms with Crippen LogP contribution in [0.25, 0.3) is 11.4 Å². The Bertz CT molecular complexity index is 655. The van der Waals surface area contributed by atoms with Crippen LogP contribution in [0.4, 0.5) is 10.3 Å². The zero-order chi connectivity index (χ0) is 13.6. The van der Waals surface area contributed by atoms with Crippen molar-refractivity contribution >= 4 is 11.9 Å². The van der Waals surface area contributed by atoms with E-state index in [-0.39, 0.29) is 5.82 Å². The maximum absolute atomic E-state index is 13.0. The van der Waals surface area contributed by atoms with Crippen molar-refractivity contribution in [3.05, 3.63) is 30.1 Å². The van der Waals surface area contributed by atoms with Gasteiger partial charge in [0.25, 0.3) is 0 Å². The molecule has 1 aromatic carbocycles. The molecule has 7 heteroatoms. The first-order chi connectivity index (χ1) is 8.97. The maximum Gasteiger partial charge on any atom is 0.233 e. The number of aromatic nitrogens is 3. The first kappa shape index (κ1) is 11.6. The molecular formula is C12H13FN6. The molecular weight excluding hydrogens is 247 g/mol. The van der Waals surface area contributed by atoms with Crippen molar-refractivity contribution in [1.82, 2.24) is 14.8 Å². The molecule has 0 fully saturated rings. The molecule has 98 valence electrons. The van der Waals surface area contributed by atoms with E-state index in [2.05, 4.69) is 20.5 Å². The molecule has 1 aliphatic rings. The summed E-state index contributed by atoms with van der Waals surface area (Å²) in [4.78, 5) is 4.32. The quantitative estimate of drug-likeness (QED) is 0.814. The van der Waals surface area contributed by atoms with Crippen LogP contribution in [-0.4, -0.2) is 20.7 Å². The number of hydrogen-bond donors (Lipinski definition) is 2. The molecule has 2 heterocycles. The normalized spacial score (nSPS) is 16.5. The van der Waals surface area contributed by atoms with E-state index < -0.39 is 5.66 Å². The van der Waals surface area contributed by atoms with Gasteiger partial charge in [0.05, 0.1) is 0 Å². The average molecular weight is 260 g/mol. The van der Waals surface area contributed by atoms with Crippen molar-refractivity contribution in [3.8, 4) is 11.4 Å². The summed E-state index contributed by atoms with van der Waals surface area (Å²) < 4.78 is 14.8. The minimum atomic E-state index is -0.599. The third-order valence-electron chi connectivity index (χ3n) is 2.95. The van der Waals surface area contributed by atoms with E-state index >= 15 is 0 Å². The SMILES string of the molecule is CC1(C)N=C(N)Nc2nnc(-c3ccc(F)cc3)n21. The fraction of sp³-hybridized carbons (Fsp3) is 0.250. The van der Waals surface area contributed by atoms with E-state index in [0.29, 0.717) is 17.7 Å². The average Bonchev–Trinajstić information content (AvgIpc) is 2.73. The fourth-order valence-electron chi connectivity index (χ4n) is 2.16. The molecule has 0 unspecified atom stereocenters. The Morgan fingerprint density at radius 1 is 1.21 bits per heavy atom. The van der Waals surface area contributed by atoms with Crippen LogP contribution in [0.1, 0.15) is 13.8 Å². The second kappa shape index (κ2) is 3.78. The molecule has 1 aromatic heterocycles.